The number of thiophene rings is 1. The molecule has 1 amide bonds. The van der Waals surface area contributed by atoms with Gasteiger partial charge in [0.15, 0.2) is 0 Å². The zero-order chi connectivity index (χ0) is 13.1. The fourth-order valence-corrected chi connectivity index (χ4v) is 3.13. The van der Waals surface area contributed by atoms with E-state index in [0.717, 1.165) is 16.3 Å². The Balaban J connectivity index is 1.65. The lowest BCUT2D eigenvalue weighted by Gasteiger charge is -1.99. The number of rotatable bonds is 4. The van der Waals surface area contributed by atoms with Gasteiger partial charge in [-0.1, -0.05) is 0 Å². The maximum absolute atomic E-state index is 11.8. The van der Waals surface area contributed by atoms with Gasteiger partial charge in [-0.2, -0.15) is 16.4 Å². The van der Waals surface area contributed by atoms with Crippen LogP contribution >= 0.6 is 22.7 Å². The first kappa shape index (κ1) is 12.1. The number of anilines is 1. The Morgan fingerprint density at radius 2 is 2.37 bits per heavy atom. The lowest BCUT2D eigenvalue weighted by atomic mass is 10.3. The molecule has 96 valence electrons. The van der Waals surface area contributed by atoms with E-state index in [-0.39, 0.29) is 12.3 Å². The van der Waals surface area contributed by atoms with Gasteiger partial charge in [-0.15, -0.1) is 11.3 Å². The summed E-state index contributed by atoms with van der Waals surface area (Å²) in [6, 6.07) is 2.03. The Kier molecular flexibility index (Phi) is 3.39. The molecule has 0 fully saturated rings. The summed E-state index contributed by atoms with van der Waals surface area (Å²) < 4.78 is 0. The second-order valence-electron chi connectivity index (χ2n) is 3.87. The van der Waals surface area contributed by atoms with Gasteiger partial charge in [-0.3, -0.25) is 9.89 Å². The molecule has 5 nitrogen and oxygen atoms in total. The first-order chi connectivity index (χ1) is 9.31. The van der Waals surface area contributed by atoms with Crippen molar-refractivity contribution in [1.82, 2.24) is 15.2 Å². The molecule has 7 heteroatoms. The molecule has 0 aromatic carbocycles. The lowest BCUT2D eigenvalue weighted by Crippen LogP contribution is -2.14. The first-order valence-corrected chi connectivity index (χ1v) is 7.39. The summed E-state index contributed by atoms with van der Waals surface area (Å²) in [6.07, 6.45) is 3.47. The smallest absolute Gasteiger partial charge is 0.230 e. The Hall–Kier alpha value is -1.99. The Bertz CT molecular complexity index is 658. The highest BCUT2D eigenvalue weighted by Gasteiger charge is 2.09. The molecule has 0 aliphatic rings. The van der Waals surface area contributed by atoms with Gasteiger partial charge < -0.3 is 5.32 Å². The predicted molar refractivity (Wildman–Crippen MR) is 76.3 cm³/mol. The third-order valence-electron chi connectivity index (χ3n) is 2.44. The van der Waals surface area contributed by atoms with Crippen molar-refractivity contribution in [2.45, 2.75) is 6.42 Å². The van der Waals surface area contributed by atoms with Crippen molar-refractivity contribution < 1.29 is 4.79 Å². The van der Waals surface area contributed by atoms with Gasteiger partial charge in [0.05, 0.1) is 24.0 Å². The highest BCUT2D eigenvalue weighted by atomic mass is 32.1. The first-order valence-electron chi connectivity index (χ1n) is 5.57. The van der Waals surface area contributed by atoms with Crippen molar-refractivity contribution in [3.63, 3.8) is 0 Å². The fourth-order valence-electron chi connectivity index (χ4n) is 1.60. The number of carbonyl (C=O) groups excluding carboxylic acids is 1. The van der Waals surface area contributed by atoms with E-state index in [4.69, 9.17) is 0 Å². The van der Waals surface area contributed by atoms with Crippen LogP contribution in [0.1, 0.15) is 5.69 Å². The van der Waals surface area contributed by atoms with Crippen LogP contribution < -0.4 is 5.32 Å². The van der Waals surface area contributed by atoms with Crippen molar-refractivity contribution in [2.75, 3.05) is 5.32 Å². The molecule has 0 spiro atoms. The van der Waals surface area contributed by atoms with E-state index >= 15 is 0 Å². The molecule has 0 saturated carbocycles. The van der Waals surface area contributed by atoms with Crippen molar-refractivity contribution in [3.05, 3.63) is 40.3 Å². The molecule has 0 radical (unpaired) electrons. The molecular weight excluding hydrogens is 280 g/mol. The average Bonchev–Trinajstić information content (AvgIpc) is 3.09. The summed E-state index contributed by atoms with van der Waals surface area (Å²) in [5, 5.41) is 16.1. The molecule has 19 heavy (non-hydrogen) atoms. The number of aromatic amines is 1. The van der Waals surface area contributed by atoms with Crippen LogP contribution in [-0.4, -0.2) is 21.1 Å². The van der Waals surface area contributed by atoms with E-state index in [2.05, 4.69) is 20.5 Å². The van der Waals surface area contributed by atoms with Gasteiger partial charge in [0, 0.05) is 22.5 Å². The number of hydrogen-bond donors (Lipinski definition) is 2. The van der Waals surface area contributed by atoms with Gasteiger partial charge in [0.2, 0.25) is 5.91 Å². The maximum atomic E-state index is 11.8. The zero-order valence-corrected chi connectivity index (χ0v) is 11.4. The van der Waals surface area contributed by atoms with E-state index < -0.39 is 0 Å². The summed E-state index contributed by atoms with van der Waals surface area (Å²) in [7, 11) is 0. The molecule has 0 aliphatic carbocycles. The molecule has 0 aliphatic heterocycles. The second kappa shape index (κ2) is 5.33. The third-order valence-corrected chi connectivity index (χ3v) is 4.07. The lowest BCUT2D eigenvalue weighted by molar-refractivity contribution is -0.115. The molecule has 3 heterocycles. The van der Waals surface area contributed by atoms with Gasteiger partial charge in [0.1, 0.15) is 5.01 Å². The van der Waals surface area contributed by atoms with Crippen molar-refractivity contribution in [1.29, 1.82) is 0 Å². The largest absolute Gasteiger partial charge is 0.323 e. The molecule has 3 aromatic heterocycles. The normalized spacial score (nSPS) is 10.5. The van der Waals surface area contributed by atoms with E-state index in [9.17, 15) is 4.79 Å². The van der Waals surface area contributed by atoms with Gasteiger partial charge >= 0.3 is 0 Å². The molecule has 0 bridgehead atoms. The highest BCUT2D eigenvalue weighted by molar-refractivity contribution is 7.14. The van der Waals surface area contributed by atoms with Crippen LogP contribution in [0.25, 0.3) is 10.6 Å². The number of nitrogens with zero attached hydrogens (tertiary/aromatic N) is 2. The van der Waals surface area contributed by atoms with Crippen LogP contribution in [0.4, 0.5) is 5.69 Å². The highest BCUT2D eigenvalue weighted by Crippen LogP contribution is 2.25. The summed E-state index contributed by atoms with van der Waals surface area (Å²) in [5.74, 6) is -0.0939. The molecular formula is C12H10N4OS2. The minimum Gasteiger partial charge on any atom is -0.323 e. The van der Waals surface area contributed by atoms with Crippen molar-refractivity contribution in [2.24, 2.45) is 0 Å². The summed E-state index contributed by atoms with van der Waals surface area (Å²) in [4.78, 5) is 16.3. The van der Waals surface area contributed by atoms with E-state index in [1.165, 1.54) is 0 Å². The molecule has 3 aromatic rings. The van der Waals surface area contributed by atoms with E-state index in [1.807, 2.05) is 22.2 Å². The van der Waals surface area contributed by atoms with Crippen molar-refractivity contribution >= 4 is 34.3 Å². The monoisotopic (exact) mass is 290 g/mol. The Morgan fingerprint density at radius 1 is 1.42 bits per heavy atom. The van der Waals surface area contributed by atoms with Gasteiger partial charge in [-0.25, -0.2) is 4.98 Å². The van der Waals surface area contributed by atoms with Crippen LogP contribution in [0.5, 0.6) is 0 Å². The molecule has 2 N–H and O–H groups in total. The van der Waals surface area contributed by atoms with Gasteiger partial charge in [0.25, 0.3) is 0 Å². The number of H-pyrrole nitrogens is 1. The zero-order valence-electron chi connectivity index (χ0n) is 9.79. The molecule has 0 unspecified atom stereocenters. The number of aromatic nitrogens is 3. The molecule has 0 saturated heterocycles. The summed E-state index contributed by atoms with van der Waals surface area (Å²) in [6.45, 7) is 0. The minimum absolute atomic E-state index is 0.0939. The number of hydrogen-bond acceptors (Lipinski definition) is 5. The maximum Gasteiger partial charge on any atom is 0.230 e. The molecule has 0 atom stereocenters. The SMILES string of the molecule is O=C(Cc1csc(-c2ccsc2)n1)Nc1cn[nH]c1. The molecule has 3 rings (SSSR count). The standard InChI is InChI=1S/C12H10N4OS2/c17-11(15-10-4-13-14-5-10)3-9-7-19-12(16-9)8-1-2-18-6-8/h1-2,4-7H,3H2,(H,13,14)(H,15,17). The number of thiazole rings is 1. The van der Waals surface area contributed by atoms with Crippen molar-refractivity contribution in [3.8, 4) is 10.6 Å². The van der Waals surface area contributed by atoms with E-state index in [1.54, 1.807) is 35.1 Å². The topological polar surface area (TPSA) is 70.7 Å². The third kappa shape index (κ3) is 2.88. The van der Waals surface area contributed by atoms with Crippen LogP contribution in [0.3, 0.4) is 0 Å². The summed E-state index contributed by atoms with van der Waals surface area (Å²) in [5.41, 5.74) is 2.56. The summed E-state index contributed by atoms with van der Waals surface area (Å²) >= 11 is 3.19. The Morgan fingerprint density at radius 3 is 3.11 bits per heavy atom. The van der Waals surface area contributed by atoms with Crippen LogP contribution in [0.15, 0.2) is 34.6 Å². The fraction of sp³-hybridized carbons (Fsp3) is 0.0833. The van der Waals surface area contributed by atoms with Crippen LogP contribution in [-0.2, 0) is 11.2 Å². The Labute approximate surface area is 117 Å². The number of nitrogens with one attached hydrogen (secondary N) is 2. The van der Waals surface area contributed by atoms with Crippen LogP contribution in [0, 0.1) is 0 Å². The van der Waals surface area contributed by atoms with E-state index in [0.29, 0.717) is 5.69 Å². The number of carbonyl (C=O) groups is 1. The number of amides is 1. The quantitative estimate of drug-likeness (QED) is 0.776. The average molecular weight is 290 g/mol. The predicted octanol–water partition coefficient (Wildman–Crippen LogP) is 2.78. The second-order valence-corrected chi connectivity index (χ2v) is 5.51. The van der Waals surface area contributed by atoms with Gasteiger partial charge in [-0.05, 0) is 11.4 Å². The van der Waals surface area contributed by atoms with Crippen LogP contribution in [0.2, 0.25) is 0 Å². The minimum atomic E-state index is -0.0939.